The van der Waals surface area contributed by atoms with E-state index in [1.54, 1.807) is 0 Å². The minimum Gasteiger partial charge on any atom is -0.311 e. The van der Waals surface area contributed by atoms with Crippen molar-refractivity contribution in [2.75, 3.05) is 4.90 Å². The molecular weight excluding hydrogens is 567 g/mol. The van der Waals surface area contributed by atoms with Gasteiger partial charge in [0.05, 0.1) is 0 Å². The Labute approximate surface area is 276 Å². The number of hydrogen-bond acceptors (Lipinski definition) is 1. The first-order valence-corrected chi connectivity index (χ1v) is 16.1. The largest absolute Gasteiger partial charge is 0.311 e. The normalized spacial score (nSPS) is 11.0. The van der Waals surface area contributed by atoms with Gasteiger partial charge in [-0.1, -0.05) is 164 Å². The molecule has 0 unspecified atom stereocenters. The van der Waals surface area contributed by atoms with Gasteiger partial charge in [-0.25, -0.2) is 0 Å². The number of rotatable bonds is 7. The molecule has 0 fully saturated rings. The molecule has 0 saturated heterocycles. The maximum absolute atomic E-state index is 2.33. The van der Waals surface area contributed by atoms with Crippen LogP contribution >= 0.6 is 0 Å². The summed E-state index contributed by atoms with van der Waals surface area (Å²) in [5.74, 6) is 0. The standard InChI is InChI=1S/C46H33N/c1-3-10-34(11-4-1)37-22-28-42(29-23-37)47(43-30-24-38(25-31-43)35-12-5-2-6-13-35)44-32-26-39(27-33-44)36-18-20-41(21-19-36)46-17-9-15-40-14-7-8-16-45(40)46/h1-33H. The lowest BCUT2D eigenvalue weighted by atomic mass is 9.96. The summed E-state index contributed by atoms with van der Waals surface area (Å²) in [7, 11) is 0. The first-order chi connectivity index (χ1) is 23.3. The van der Waals surface area contributed by atoms with Gasteiger partial charge in [0.1, 0.15) is 0 Å². The first kappa shape index (κ1) is 28.3. The molecule has 0 saturated carbocycles. The Bertz CT molecular complexity index is 2150. The van der Waals surface area contributed by atoms with E-state index in [0.717, 1.165) is 17.1 Å². The van der Waals surface area contributed by atoms with Crippen molar-refractivity contribution in [1.82, 2.24) is 0 Å². The second kappa shape index (κ2) is 12.7. The molecule has 0 spiro atoms. The summed E-state index contributed by atoms with van der Waals surface area (Å²) in [4.78, 5) is 2.33. The van der Waals surface area contributed by atoms with Crippen LogP contribution in [0.25, 0.3) is 55.3 Å². The third kappa shape index (κ3) is 5.83. The highest BCUT2D eigenvalue weighted by molar-refractivity contribution is 5.97. The molecule has 47 heavy (non-hydrogen) atoms. The second-order valence-electron chi connectivity index (χ2n) is 11.8. The van der Waals surface area contributed by atoms with Crippen molar-refractivity contribution in [2.45, 2.75) is 0 Å². The number of fused-ring (bicyclic) bond motifs is 1. The fourth-order valence-electron chi connectivity index (χ4n) is 6.44. The number of anilines is 3. The molecule has 0 aliphatic rings. The van der Waals surface area contributed by atoms with Gasteiger partial charge in [0.25, 0.3) is 0 Å². The van der Waals surface area contributed by atoms with Crippen LogP contribution in [-0.4, -0.2) is 0 Å². The molecule has 0 aliphatic carbocycles. The second-order valence-corrected chi connectivity index (χ2v) is 11.8. The van der Waals surface area contributed by atoms with Gasteiger partial charge in [-0.05, 0) is 91.7 Å². The van der Waals surface area contributed by atoms with Gasteiger partial charge < -0.3 is 4.90 Å². The Morgan fingerprint density at radius 3 is 1.04 bits per heavy atom. The molecule has 0 amide bonds. The van der Waals surface area contributed by atoms with Crippen molar-refractivity contribution < 1.29 is 0 Å². The topological polar surface area (TPSA) is 3.24 Å². The molecule has 1 nitrogen and oxygen atoms in total. The monoisotopic (exact) mass is 599 g/mol. The summed E-state index contributed by atoms with van der Waals surface area (Å²) in [5.41, 5.74) is 13.1. The predicted molar refractivity (Wildman–Crippen MR) is 200 cm³/mol. The van der Waals surface area contributed by atoms with Gasteiger partial charge in [-0.15, -0.1) is 0 Å². The lowest BCUT2D eigenvalue weighted by molar-refractivity contribution is 1.28. The summed E-state index contributed by atoms with van der Waals surface area (Å²) in [6.07, 6.45) is 0. The molecule has 0 aromatic heterocycles. The zero-order valence-electron chi connectivity index (χ0n) is 26.0. The molecule has 1 heteroatoms. The van der Waals surface area contributed by atoms with Gasteiger partial charge >= 0.3 is 0 Å². The Kier molecular flexibility index (Phi) is 7.63. The average Bonchev–Trinajstić information content (AvgIpc) is 3.16. The molecule has 0 aliphatic heterocycles. The lowest BCUT2D eigenvalue weighted by Gasteiger charge is -2.26. The van der Waals surface area contributed by atoms with E-state index in [1.165, 1.54) is 55.3 Å². The fraction of sp³-hybridized carbons (Fsp3) is 0. The van der Waals surface area contributed by atoms with Gasteiger partial charge in [-0.3, -0.25) is 0 Å². The Morgan fingerprint density at radius 1 is 0.234 bits per heavy atom. The summed E-state index contributed by atoms with van der Waals surface area (Å²) >= 11 is 0. The smallest absolute Gasteiger partial charge is 0.0462 e. The highest BCUT2D eigenvalue weighted by atomic mass is 15.1. The van der Waals surface area contributed by atoms with E-state index < -0.39 is 0 Å². The van der Waals surface area contributed by atoms with Crippen LogP contribution in [0.4, 0.5) is 17.1 Å². The van der Waals surface area contributed by atoms with Crippen LogP contribution in [0.15, 0.2) is 200 Å². The summed E-state index contributed by atoms with van der Waals surface area (Å²) in [5, 5.41) is 2.54. The quantitative estimate of drug-likeness (QED) is 0.176. The van der Waals surface area contributed by atoms with Crippen molar-refractivity contribution >= 4 is 27.8 Å². The van der Waals surface area contributed by atoms with E-state index in [2.05, 4.69) is 205 Å². The Balaban J connectivity index is 1.12. The minimum absolute atomic E-state index is 1.11. The Morgan fingerprint density at radius 2 is 0.574 bits per heavy atom. The third-order valence-electron chi connectivity index (χ3n) is 8.91. The molecule has 0 N–H and O–H groups in total. The maximum atomic E-state index is 2.33. The minimum atomic E-state index is 1.11. The summed E-state index contributed by atoms with van der Waals surface area (Å²) < 4.78 is 0. The van der Waals surface area contributed by atoms with Crippen LogP contribution in [0.2, 0.25) is 0 Å². The van der Waals surface area contributed by atoms with Crippen LogP contribution in [0.3, 0.4) is 0 Å². The van der Waals surface area contributed by atoms with Gasteiger partial charge in [0, 0.05) is 17.1 Å². The lowest BCUT2D eigenvalue weighted by Crippen LogP contribution is -2.09. The molecular formula is C46H33N. The van der Waals surface area contributed by atoms with Crippen LogP contribution in [0, 0.1) is 0 Å². The van der Waals surface area contributed by atoms with Crippen LogP contribution in [0.1, 0.15) is 0 Å². The molecule has 0 heterocycles. The first-order valence-electron chi connectivity index (χ1n) is 16.1. The van der Waals surface area contributed by atoms with Crippen LogP contribution in [0.5, 0.6) is 0 Å². The molecule has 8 aromatic carbocycles. The molecule has 222 valence electrons. The molecule has 8 rings (SSSR count). The van der Waals surface area contributed by atoms with E-state index in [-0.39, 0.29) is 0 Å². The molecule has 0 radical (unpaired) electrons. The van der Waals surface area contributed by atoms with E-state index in [0.29, 0.717) is 0 Å². The van der Waals surface area contributed by atoms with Crippen molar-refractivity contribution in [1.29, 1.82) is 0 Å². The average molecular weight is 600 g/mol. The SMILES string of the molecule is c1ccc(-c2ccc(N(c3ccc(-c4ccccc4)cc3)c3ccc(-c4ccc(-c5cccc6ccccc56)cc4)cc3)cc2)cc1. The van der Waals surface area contributed by atoms with Crippen molar-refractivity contribution in [3.8, 4) is 44.5 Å². The maximum Gasteiger partial charge on any atom is 0.0462 e. The van der Waals surface area contributed by atoms with Crippen LogP contribution < -0.4 is 4.90 Å². The Hall–Kier alpha value is -6.18. The summed E-state index contributed by atoms with van der Waals surface area (Å²) in [6.45, 7) is 0. The zero-order valence-corrected chi connectivity index (χ0v) is 26.0. The molecule has 8 aromatic rings. The van der Waals surface area contributed by atoms with E-state index >= 15 is 0 Å². The predicted octanol–water partition coefficient (Wildman–Crippen LogP) is 13.0. The van der Waals surface area contributed by atoms with Crippen LogP contribution in [-0.2, 0) is 0 Å². The number of benzene rings is 8. The number of hydrogen-bond donors (Lipinski definition) is 0. The zero-order chi connectivity index (χ0) is 31.4. The fourth-order valence-corrected chi connectivity index (χ4v) is 6.44. The van der Waals surface area contributed by atoms with Gasteiger partial charge in [0.15, 0.2) is 0 Å². The molecule has 0 atom stereocenters. The number of nitrogens with zero attached hydrogens (tertiary/aromatic N) is 1. The highest BCUT2D eigenvalue weighted by Crippen LogP contribution is 2.38. The van der Waals surface area contributed by atoms with Crippen molar-refractivity contribution in [2.24, 2.45) is 0 Å². The highest BCUT2D eigenvalue weighted by Gasteiger charge is 2.14. The van der Waals surface area contributed by atoms with Crippen molar-refractivity contribution in [3.05, 3.63) is 200 Å². The third-order valence-corrected chi connectivity index (χ3v) is 8.91. The van der Waals surface area contributed by atoms with Crippen molar-refractivity contribution in [3.63, 3.8) is 0 Å². The van der Waals surface area contributed by atoms with Gasteiger partial charge in [-0.2, -0.15) is 0 Å². The van der Waals surface area contributed by atoms with Gasteiger partial charge in [0.2, 0.25) is 0 Å². The van der Waals surface area contributed by atoms with E-state index in [9.17, 15) is 0 Å². The van der Waals surface area contributed by atoms with E-state index in [1.807, 2.05) is 0 Å². The molecule has 0 bridgehead atoms. The van der Waals surface area contributed by atoms with E-state index in [4.69, 9.17) is 0 Å². The summed E-state index contributed by atoms with van der Waals surface area (Å²) in [6, 6.07) is 71.7.